The molecule has 0 radical (unpaired) electrons. The largest absolute Gasteiger partial charge is 0.496 e. The van der Waals surface area contributed by atoms with Gasteiger partial charge in [-0.25, -0.2) is 0 Å². The molecular formula is C23H23N3O2S. The number of methoxy groups -OCH3 is 1. The van der Waals surface area contributed by atoms with Crippen LogP contribution in [-0.2, 0) is 11.2 Å². The number of hydrogen-bond donors (Lipinski definition) is 0. The zero-order valence-corrected chi connectivity index (χ0v) is 17.4. The number of hydrogen-bond acceptors (Lipinski definition) is 5. The number of allylic oxidation sites excluding steroid dienone is 1. The van der Waals surface area contributed by atoms with Crippen LogP contribution in [-0.4, -0.2) is 30.5 Å². The van der Waals surface area contributed by atoms with Crippen molar-refractivity contribution in [3.63, 3.8) is 0 Å². The second-order valence-corrected chi connectivity index (χ2v) is 8.06. The first kappa shape index (κ1) is 19.4. The van der Waals surface area contributed by atoms with Gasteiger partial charge < -0.3 is 9.64 Å². The molecule has 0 bridgehead atoms. The van der Waals surface area contributed by atoms with Gasteiger partial charge >= 0.3 is 0 Å². The number of nitrogens with zero attached hydrogens (tertiary/aromatic N) is 3. The van der Waals surface area contributed by atoms with Gasteiger partial charge in [-0.1, -0.05) is 49.0 Å². The van der Waals surface area contributed by atoms with Crippen LogP contribution in [0, 0.1) is 11.3 Å². The maximum atomic E-state index is 13.1. The topological polar surface area (TPSA) is 56.6 Å². The van der Waals surface area contributed by atoms with Gasteiger partial charge in [0.1, 0.15) is 5.75 Å². The molecule has 2 aromatic carbocycles. The second-order valence-electron chi connectivity index (χ2n) is 7.13. The fourth-order valence-corrected chi connectivity index (χ4v) is 5.06. The summed E-state index contributed by atoms with van der Waals surface area (Å²) in [6, 6.07) is 18.5. The lowest BCUT2D eigenvalue weighted by atomic mass is 9.86. The van der Waals surface area contributed by atoms with Crippen LogP contribution in [0.1, 0.15) is 30.4 Å². The summed E-state index contributed by atoms with van der Waals surface area (Å²) >= 11 is 1.56. The predicted octanol–water partition coefficient (Wildman–Crippen LogP) is 4.48. The van der Waals surface area contributed by atoms with E-state index in [0.717, 1.165) is 22.7 Å². The molecule has 29 heavy (non-hydrogen) atoms. The molecule has 6 heteroatoms. The van der Waals surface area contributed by atoms with Crippen molar-refractivity contribution in [1.29, 1.82) is 5.26 Å². The van der Waals surface area contributed by atoms with Crippen molar-refractivity contribution in [2.24, 2.45) is 0 Å². The molecule has 2 aliphatic rings. The number of para-hydroxylation sites is 1. The minimum absolute atomic E-state index is 0.0392. The highest BCUT2D eigenvalue weighted by molar-refractivity contribution is 8.03. The van der Waals surface area contributed by atoms with E-state index in [0.29, 0.717) is 23.9 Å². The summed E-state index contributed by atoms with van der Waals surface area (Å²) in [5.41, 5.74) is 3.93. The Labute approximate surface area is 175 Å². The third kappa shape index (κ3) is 3.58. The van der Waals surface area contributed by atoms with E-state index in [9.17, 15) is 10.1 Å². The van der Waals surface area contributed by atoms with Crippen LogP contribution in [0.5, 0.6) is 5.75 Å². The lowest BCUT2D eigenvalue weighted by Crippen LogP contribution is -2.47. The number of thioether (sulfide) groups is 1. The van der Waals surface area contributed by atoms with Gasteiger partial charge in [-0.05, 0) is 30.2 Å². The molecule has 1 saturated heterocycles. The van der Waals surface area contributed by atoms with E-state index in [1.165, 1.54) is 5.56 Å². The van der Waals surface area contributed by atoms with Crippen molar-refractivity contribution in [3.8, 4) is 11.8 Å². The van der Waals surface area contributed by atoms with Crippen molar-refractivity contribution >= 4 is 23.4 Å². The predicted molar refractivity (Wildman–Crippen MR) is 115 cm³/mol. The summed E-state index contributed by atoms with van der Waals surface area (Å²) in [6.45, 7) is 2.60. The second kappa shape index (κ2) is 8.22. The normalized spacial score (nSPS) is 19.1. The fourth-order valence-electron chi connectivity index (χ4n) is 3.89. The Morgan fingerprint density at radius 2 is 1.97 bits per heavy atom. The van der Waals surface area contributed by atoms with E-state index in [2.05, 4.69) is 42.2 Å². The van der Waals surface area contributed by atoms with Crippen LogP contribution in [0.3, 0.4) is 0 Å². The SMILES string of the molecule is CCc1ccc(N2CSC3=C(C#N)[C@@H](c4ccccc4OC)CC(=O)N3C2)cc1. The van der Waals surface area contributed by atoms with Gasteiger partial charge in [0.05, 0.1) is 36.3 Å². The number of fused-ring (bicyclic) bond motifs is 1. The zero-order valence-electron chi connectivity index (χ0n) is 16.6. The number of carbonyl (C=O) groups is 1. The number of benzene rings is 2. The molecule has 0 aliphatic carbocycles. The Balaban J connectivity index is 1.65. The first-order valence-electron chi connectivity index (χ1n) is 9.70. The Kier molecular flexibility index (Phi) is 5.50. The van der Waals surface area contributed by atoms with E-state index in [4.69, 9.17) is 4.74 Å². The van der Waals surface area contributed by atoms with Crippen molar-refractivity contribution in [2.45, 2.75) is 25.7 Å². The first-order valence-corrected chi connectivity index (χ1v) is 10.7. The Hall–Kier alpha value is -2.91. The van der Waals surface area contributed by atoms with Crippen LogP contribution >= 0.6 is 11.8 Å². The molecule has 0 unspecified atom stereocenters. The quantitative estimate of drug-likeness (QED) is 0.751. The van der Waals surface area contributed by atoms with Crippen LogP contribution in [0.4, 0.5) is 5.69 Å². The minimum atomic E-state index is -0.266. The van der Waals surface area contributed by atoms with E-state index in [-0.39, 0.29) is 18.2 Å². The average molecular weight is 406 g/mol. The molecule has 1 fully saturated rings. The zero-order chi connectivity index (χ0) is 20.4. The molecule has 1 atom stereocenters. The van der Waals surface area contributed by atoms with Gasteiger partial charge in [0.15, 0.2) is 0 Å². The molecular weight excluding hydrogens is 382 g/mol. The van der Waals surface area contributed by atoms with Crippen LogP contribution < -0.4 is 9.64 Å². The van der Waals surface area contributed by atoms with Crippen molar-refractivity contribution in [3.05, 3.63) is 70.3 Å². The lowest BCUT2D eigenvalue weighted by molar-refractivity contribution is -0.129. The Morgan fingerprint density at radius 3 is 2.66 bits per heavy atom. The summed E-state index contributed by atoms with van der Waals surface area (Å²) in [5.74, 6) is 1.19. The van der Waals surface area contributed by atoms with Crippen LogP contribution in [0.2, 0.25) is 0 Å². The standard InChI is InChI=1S/C23H23N3O2S/c1-3-16-8-10-17(11-9-16)25-14-26-22(27)12-19(20(13-24)23(26)29-15-25)18-6-4-5-7-21(18)28-2/h4-11,19H,3,12,14-15H2,1-2H3/t19-/m1/s1. The number of rotatable bonds is 4. The fraction of sp³-hybridized carbons (Fsp3) is 0.304. The van der Waals surface area contributed by atoms with Gasteiger partial charge in [0.2, 0.25) is 5.91 Å². The summed E-state index contributed by atoms with van der Waals surface area (Å²) in [4.78, 5) is 17.0. The number of aryl methyl sites for hydroxylation is 1. The molecule has 4 rings (SSSR count). The van der Waals surface area contributed by atoms with Crippen molar-refractivity contribution in [1.82, 2.24) is 4.90 Å². The van der Waals surface area contributed by atoms with E-state index >= 15 is 0 Å². The van der Waals surface area contributed by atoms with E-state index < -0.39 is 0 Å². The highest BCUT2D eigenvalue weighted by Gasteiger charge is 2.39. The molecule has 1 amide bonds. The van der Waals surface area contributed by atoms with Gasteiger partial charge in [0.25, 0.3) is 0 Å². The van der Waals surface area contributed by atoms with Gasteiger partial charge in [0, 0.05) is 23.6 Å². The molecule has 2 aromatic rings. The monoisotopic (exact) mass is 405 g/mol. The molecule has 148 valence electrons. The third-order valence-corrected chi connectivity index (χ3v) is 6.67. The molecule has 0 spiro atoms. The first-order chi connectivity index (χ1) is 14.2. The smallest absolute Gasteiger partial charge is 0.229 e. The number of ether oxygens (including phenoxy) is 1. The van der Waals surface area contributed by atoms with Crippen LogP contribution in [0.15, 0.2) is 59.1 Å². The average Bonchev–Trinajstić information content (AvgIpc) is 2.78. The van der Waals surface area contributed by atoms with E-state index in [1.807, 2.05) is 24.3 Å². The Morgan fingerprint density at radius 1 is 1.21 bits per heavy atom. The molecule has 5 nitrogen and oxygen atoms in total. The highest BCUT2D eigenvalue weighted by atomic mass is 32.2. The molecule has 0 N–H and O–H groups in total. The highest BCUT2D eigenvalue weighted by Crippen LogP contribution is 2.45. The van der Waals surface area contributed by atoms with Crippen molar-refractivity contribution < 1.29 is 9.53 Å². The summed E-state index contributed by atoms with van der Waals surface area (Å²) in [5, 5.41) is 10.7. The number of amides is 1. The van der Waals surface area contributed by atoms with E-state index in [1.54, 1.807) is 23.8 Å². The van der Waals surface area contributed by atoms with Crippen molar-refractivity contribution in [2.75, 3.05) is 24.6 Å². The number of nitriles is 1. The van der Waals surface area contributed by atoms with Gasteiger partial charge in [-0.15, -0.1) is 0 Å². The van der Waals surface area contributed by atoms with Gasteiger partial charge in [-0.3, -0.25) is 9.69 Å². The summed E-state index contributed by atoms with van der Waals surface area (Å²) in [6.07, 6.45) is 1.28. The maximum absolute atomic E-state index is 13.1. The molecule has 2 heterocycles. The molecule has 0 saturated carbocycles. The minimum Gasteiger partial charge on any atom is -0.496 e. The Bertz CT molecular complexity index is 994. The lowest BCUT2D eigenvalue weighted by Gasteiger charge is -2.42. The molecule has 2 aliphatic heterocycles. The van der Waals surface area contributed by atoms with Crippen LogP contribution in [0.25, 0.3) is 0 Å². The maximum Gasteiger partial charge on any atom is 0.229 e. The summed E-state index contributed by atoms with van der Waals surface area (Å²) < 4.78 is 5.48. The number of anilines is 1. The third-order valence-electron chi connectivity index (χ3n) is 5.52. The van der Waals surface area contributed by atoms with Gasteiger partial charge in [-0.2, -0.15) is 5.26 Å². The molecule has 0 aromatic heterocycles. The summed E-state index contributed by atoms with van der Waals surface area (Å²) in [7, 11) is 1.62. The number of carbonyl (C=O) groups excluding carboxylic acids is 1.